The Morgan fingerprint density at radius 2 is 1.76 bits per heavy atom. The molecule has 3 nitrogen and oxygen atoms in total. The van der Waals surface area contributed by atoms with Crippen molar-refractivity contribution in [3.63, 3.8) is 0 Å². The first kappa shape index (κ1) is 15.1. The van der Waals surface area contributed by atoms with Crippen LogP contribution in [0.2, 0.25) is 0 Å². The maximum absolute atomic E-state index is 13.5. The maximum Gasteiger partial charge on any atom is 0.206 e. The lowest BCUT2D eigenvalue weighted by Gasteiger charge is -2.08. The van der Waals surface area contributed by atoms with Crippen LogP contribution < -0.4 is 4.74 Å². The Hall–Kier alpha value is -2.27. The molecule has 0 aliphatic rings. The predicted octanol–water partition coefficient (Wildman–Crippen LogP) is 3.37. The van der Waals surface area contributed by atoms with Crippen LogP contribution in [0.5, 0.6) is 5.75 Å². The highest BCUT2D eigenvalue weighted by Crippen LogP contribution is 2.16. The van der Waals surface area contributed by atoms with E-state index in [1.807, 2.05) is 6.07 Å². The van der Waals surface area contributed by atoms with Crippen molar-refractivity contribution in [2.24, 2.45) is 0 Å². The zero-order chi connectivity index (χ0) is 15.2. The molecule has 2 aromatic carbocycles. The zero-order valence-corrected chi connectivity index (χ0v) is 11.4. The van der Waals surface area contributed by atoms with E-state index < -0.39 is 29.6 Å². The number of hydrogen-bond donors (Lipinski definition) is 0. The maximum atomic E-state index is 13.5. The smallest absolute Gasteiger partial charge is 0.206 e. The SMILES string of the molecule is COCc1cccc(OCC(=O)c2c(F)cccc2F)c1. The Bertz CT molecular complexity index is 621. The molecule has 0 amide bonds. The van der Waals surface area contributed by atoms with Gasteiger partial charge in [0, 0.05) is 7.11 Å². The van der Waals surface area contributed by atoms with Crippen LogP contribution in [-0.2, 0) is 11.3 Å². The van der Waals surface area contributed by atoms with Crippen molar-refractivity contribution in [3.8, 4) is 5.75 Å². The number of methoxy groups -OCH3 is 1. The summed E-state index contributed by atoms with van der Waals surface area (Å²) in [5.41, 5.74) is 0.296. The summed E-state index contributed by atoms with van der Waals surface area (Å²) in [6.45, 7) is -0.0264. The third kappa shape index (κ3) is 3.86. The van der Waals surface area contributed by atoms with E-state index in [1.54, 1.807) is 25.3 Å². The van der Waals surface area contributed by atoms with Crippen LogP contribution in [0, 0.1) is 11.6 Å². The molecule has 0 radical (unpaired) electrons. The molecular formula is C16H14F2O3. The summed E-state index contributed by atoms with van der Waals surface area (Å²) in [6, 6.07) is 10.2. The second-order valence-electron chi connectivity index (χ2n) is 4.39. The fraction of sp³-hybridized carbons (Fsp3) is 0.188. The van der Waals surface area contributed by atoms with Gasteiger partial charge in [0.2, 0.25) is 5.78 Å². The van der Waals surface area contributed by atoms with Gasteiger partial charge in [0.05, 0.1) is 12.2 Å². The average Bonchev–Trinajstić information content (AvgIpc) is 2.46. The van der Waals surface area contributed by atoms with E-state index in [0.29, 0.717) is 12.4 Å². The summed E-state index contributed by atoms with van der Waals surface area (Å²) in [5, 5.41) is 0. The van der Waals surface area contributed by atoms with Crippen LogP contribution in [0.3, 0.4) is 0 Å². The number of ketones is 1. The van der Waals surface area contributed by atoms with Crippen LogP contribution in [0.1, 0.15) is 15.9 Å². The fourth-order valence-electron chi connectivity index (χ4n) is 1.88. The highest BCUT2D eigenvalue weighted by atomic mass is 19.1. The Labute approximate surface area is 121 Å². The molecule has 0 atom stereocenters. The fourth-order valence-corrected chi connectivity index (χ4v) is 1.88. The van der Waals surface area contributed by atoms with Crippen molar-refractivity contribution in [1.29, 1.82) is 0 Å². The molecule has 0 unspecified atom stereocenters. The molecule has 0 aliphatic heterocycles. The van der Waals surface area contributed by atoms with E-state index in [4.69, 9.17) is 9.47 Å². The van der Waals surface area contributed by atoms with Gasteiger partial charge in [0.15, 0.2) is 6.61 Å². The standard InChI is InChI=1S/C16H14F2O3/c1-20-9-11-4-2-5-12(8-11)21-10-15(19)16-13(17)6-3-7-14(16)18/h2-8H,9-10H2,1H3. The highest BCUT2D eigenvalue weighted by molar-refractivity contribution is 5.97. The van der Waals surface area contributed by atoms with Gasteiger partial charge >= 0.3 is 0 Å². The number of benzene rings is 2. The van der Waals surface area contributed by atoms with Gasteiger partial charge in [-0.1, -0.05) is 18.2 Å². The van der Waals surface area contributed by atoms with Gasteiger partial charge in [0.25, 0.3) is 0 Å². The minimum absolute atomic E-state index is 0.410. The zero-order valence-electron chi connectivity index (χ0n) is 11.4. The molecule has 2 rings (SSSR count). The van der Waals surface area contributed by atoms with Crippen LogP contribution in [0.25, 0.3) is 0 Å². The number of Topliss-reactive ketones (excluding diaryl/α,β-unsaturated/α-hetero) is 1. The van der Waals surface area contributed by atoms with Crippen LogP contribution >= 0.6 is 0 Å². The van der Waals surface area contributed by atoms with Gasteiger partial charge in [-0.25, -0.2) is 8.78 Å². The van der Waals surface area contributed by atoms with Crippen molar-refractivity contribution in [3.05, 3.63) is 65.2 Å². The lowest BCUT2D eigenvalue weighted by molar-refractivity contribution is 0.0912. The predicted molar refractivity (Wildman–Crippen MR) is 73.3 cm³/mol. The lowest BCUT2D eigenvalue weighted by Crippen LogP contribution is -2.15. The molecule has 0 aromatic heterocycles. The molecule has 0 N–H and O–H groups in total. The summed E-state index contributed by atoms with van der Waals surface area (Å²) in [6.07, 6.45) is 0. The number of rotatable bonds is 6. The van der Waals surface area contributed by atoms with E-state index in [-0.39, 0.29) is 0 Å². The van der Waals surface area contributed by atoms with Crippen LogP contribution in [0.4, 0.5) is 8.78 Å². The first-order chi connectivity index (χ1) is 10.1. The molecule has 5 heteroatoms. The van der Waals surface area contributed by atoms with Gasteiger partial charge in [-0.15, -0.1) is 0 Å². The van der Waals surface area contributed by atoms with E-state index in [0.717, 1.165) is 17.7 Å². The molecule has 0 fully saturated rings. The second-order valence-corrected chi connectivity index (χ2v) is 4.39. The van der Waals surface area contributed by atoms with Crippen molar-refractivity contribution in [1.82, 2.24) is 0 Å². The quantitative estimate of drug-likeness (QED) is 0.766. The van der Waals surface area contributed by atoms with Crippen molar-refractivity contribution < 1.29 is 23.0 Å². The molecule has 0 saturated heterocycles. The van der Waals surface area contributed by atoms with Gasteiger partial charge < -0.3 is 9.47 Å². The van der Waals surface area contributed by atoms with Crippen molar-refractivity contribution in [2.45, 2.75) is 6.61 Å². The monoisotopic (exact) mass is 292 g/mol. The molecule has 0 saturated carbocycles. The number of hydrogen-bond acceptors (Lipinski definition) is 3. The molecule has 2 aromatic rings. The Morgan fingerprint density at radius 3 is 2.43 bits per heavy atom. The number of halogens is 2. The van der Waals surface area contributed by atoms with E-state index in [1.165, 1.54) is 6.07 Å². The Kier molecular flexibility index (Phi) is 5.00. The first-order valence-electron chi connectivity index (χ1n) is 6.29. The Balaban J connectivity index is 2.06. The average molecular weight is 292 g/mol. The summed E-state index contributed by atoms with van der Waals surface area (Å²) in [5.74, 6) is -2.09. The molecule has 0 bridgehead atoms. The first-order valence-corrected chi connectivity index (χ1v) is 6.29. The number of ether oxygens (including phenoxy) is 2. The molecule has 0 heterocycles. The Morgan fingerprint density at radius 1 is 1.10 bits per heavy atom. The molecule has 0 aliphatic carbocycles. The van der Waals surface area contributed by atoms with Crippen molar-refractivity contribution >= 4 is 5.78 Å². The summed E-state index contributed by atoms with van der Waals surface area (Å²) < 4.78 is 37.2. The third-order valence-electron chi connectivity index (χ3n) is 2.82. The third-order valence-corrected chi connectivity index (χ3v) is 2.82. The number of carbonyl (C=O) groups is 1. The number of carbonyl (C=O) groups excluding carboxylic acids is 1. The van der Waals surface area contributed by atoms with Gasteiger partial charge in [-0.3, -0.25) is 4.79 Å². The molecule has 0 spiro atoms. The molecular weight excluding hydrogens is 278 g/mol. The van der Waals surface area contributed by atoms with Gasteiger partial charge in [0.1, 0.15) is 17.4 Å². The largest absolute Gasteiger partial charge is 0.485 e. The van der Waals surface area contributed by atoms with E-state index >= 15 is 0 Å². The van der Waals surface area contributed by atoms with Crippen molar-refractivity contribution in [2.75, 3.05) is 13.7 Å². The van der Waals surface area contributed by atoms with Crippen LogP contribution in [0.15, 0.2) is 42.5 Å². The molecule has 21 heavy (non-hydrogen) atoms. The molecule has 110 valence electrons. The highest BCUT2D eigenvalue weighted by Gasteiger charge is 2.17. The second kappa shape index (κ2) is 6.95. The lowest BCUT2D eigenvalue weighted by atomic mass is 10.1. The van der Waals surface area contributed by atoms with Crippen LogP contribution in [-0.4, -0.2) is 19.5 Å². The summed E-state index contributed by atoms with van der Waals surface area (Å²) in [7, 11) is 1.57. The van der Waals surface area contributed by atoms with E-state index in [9.17, 15) is 13.6 Å². The van der Waals surface area contributed by atoms with E-state index in [2.05, 4.69) is 0 Å². The van der Waals surface area contributed by atoms with Gasteiger partial charge in [-0.2, -0.15) is 0 Å². The minimum atomic E-state index is -0.892. The van der Waals surface area contributed by atoms with Gasteiger partial charge in [-0.05, 0) is 29.8 Å². The summed E-state index contributed by atoms with van der Waals surface area (Å²) >= 11 is 0. The topological polar surface area (TPSA) is 35.5 Å². The minimum Gasteiger partial charge on any atom is -0.485 e. The summed E-state index contributed by atoms with van der Waals surface area (Å²) in [4.78, 5) is 11.8. The normalized spacial score (nSPS) is 10.4.